The van der Waals surface area contributed by atoms with Crippen molar-refractivity contribution in [3.63, 3.8) is 0 Å². The van der Waals surface area contributed by atoms with E-state index in [1.807, 2.05) is 0 Å². The number of nitrogens with one attached hydrogen (secondary N) is 1. The van der Waals surface area contributed by atoms with E-state index in [1.165, 1.54) is 0 Å². The number of hydrogen-bond donors (Lipinski definition) is 2. The minimum absolute atomic E-state index is 0.122. The summed E-state index contributed by atoms with van der Waals surface area (Å²) < 4.78 is 5.15. The van der Waals surface area contributed by atoms with Crippen LogP contribution in [0.1, 0.15) is 30.1 Å². The van der Waals surface area contributed by atoms with Gasteiger partial charge in [-0.3, -0.25) is 4.79 Å². The molecule has 0 radical (unpaired) electrons. The molecule has 2 unspecified atom stereocenters. The molecule has 1 aliphatic rings. The second kappa shape index (κ2) is 6.13. The van der Waals surface area contributed by atoms with Gasteiger partial charge in [0.25, 0.3) is 5.91 Å². The number of para-hydroxylation sites is 1. The highest BCUT2D eigenvalue weighted by Gasteiger charge is 2.25. The van der Waals surface area contributed by atoms with Crippen molar-refractivity contribution in [3.8, 4) is 5.75 Å². The lowest BCUT2D eigenvalue weighted by Gasteiger charge is -2.35. The molecule has 2 rings (SSSR count). The fraction of sp³-hybridized carbons (Fsp3) is 0.533. The van der Waals surface area contributed by atoms with Crippen LogP contribution in [0, 0.1) is 0 Å². The van der Waals surface area contributed by atoms with Crippen LogP contribution >= 0.6 is 0 Å². The largest absolute Gasteiger partial charge is 0.495 e. The summed E-state index contributed by atoms with van der Waals surface area (Å²) in [5, 5.41) is 3.08. The quantitative estimate of drug-likeness (QED) is 0.821. The van der Waals surface area contributed by atoms with E-state index in [1.54, 1.807) is 25.3 Å². The van der Waals surface area contributed by atoms with E-state index in [0.29, 0.717) is 23.0 Å². The highest BCUT2D eigenvalue weighted by molar-refractivity contribution is 6.00. The Labute approximate surface area is 120 Å². The standard InChI is InChI=1S/C15H23N3O2/c1-10-9-11(7-8-18(10)2)17-15(19)12-5-4-6-13(20-3)14(12)16/h4-6,10-11H,7-9,16H2,1-3H3,(H,17,19). The number of anilines is 1. The van der Waals surface area contributed by atoms with Gasteiger partial charge in [-0.25, -0.2) is 0 Å². The lowest BCUT2D eigenvalue weighted by Crippen LogP contribution is -2.47. The van der Waals surface area contributed by atoms with Crippen molar-refractivity contribution in [1.82, 2.24) is 10.2 Å². The lowest BCUT2D eigenvalue weighted by atomic mass is 9.98. The summed E-state index contributed by atoms with van der Waals surface area (Å²) in [6.07, 6.45) is 1.93. The molecule has 2 atom stereocenters. The van der Waals surface area contributed by atoms with Gasteiger partial charge in [0.1, 0.15) is 5.75 Å². The monoisotopic (exact) mass is 277 g/mol. The molecule has 0 aliphatic carbocycles. The van der Waals surface area contributed by atoms with Crippen LogP contribution in [0.15, 0.2) is 18.2 Å². The summed E-state index contributed by atoms with van der Waals surface area (Å²) in [5.41, 5.74) is 6.83. The average Bonchev–Trinajstić information content (AvgIpc) is 2.43. The minimum atomic E-state index is -0.122. The van der Waals surface area contributed by atoms with Gasteiger partial charge in [-0.1, -0.05) is 6.07 Å². The first-order chi connectivity index (χ1) is 9.52. The van der Waals surface area contributed by atoms with E-state index in [2.05, 4.69) is 24.2 Å². The van der Waals surface area contributed by atoms with Crippen LogP contribution in [0.4, 0.5) is 5.69 Å². The van der Waals surface area contributed by atoms with E-state index in [0.717, 1.165) is 19.4 Å². The zero-order valence-electron chi connectivity index (χ0n) is 12.3. The summed E-state index contributed by atoms with van der Waals surface area (Å²) in [4.78, 5) is 14.6. The zero-order chi connectivity index (χ0) is 14.7. The van der Waals surface area contributed by atoms with Gasteiger partial charge in [0.2, 0.25) is 0 Å². The number of benzene rings is 1. The number of carbonyl (C=O) groups excluding carboxylic acids is 1. The van der Waals surface area contributed by atoms with Gasteiger partial charge in [-0.2, -0.15) is 0 Å². The number of carbonyl (C=O) groups is 1. The van der Waals surface area contributed by atoms with Crippen LogP contribution < -0.4 is 15.8 Å². The first-order valence-electron chi connectivity index (χ1n) is 6.96. The molecule has 1 aromatic rings. The van der Waals surface area contributed by atoms with Crippen molar-refractivity contribution in [1.29, 1.82) is 0 Å². The highest BCUT2D eigenvalue weighted by Crippen LogP contribution is 2.25. The molecule has 3 N–H and O–H groups in total. The molecule has 1 heterocycles. The van der Waals surface area contributed by atoms with Gasteiger partial charge in [-0.15, -0.1) is 0 Å². The molecule has 1 fully saturated rings. The van der Waals surface area contributed by atoms with Crippen LogP contribution in [0.5, 0.6) is 5.75 Å². The maximum atomic E-state index is 12.3. The van der Waals surface area contributed by atoms with Gasteiger partial charge in [0, 0.05) is 18.6 Å². The third-order valence-electron chi connectivity index (χ3n) is 4.07. The molecule has 0 aromatic heterocycles. The predicted molar refractivity (Wildman–Crippen MR) is 80.0 cm³/mol. The number of amides is 1. The molecular formula is C15H23N3O2. The summed E-state index contributed by atoms with van der Waals surface area (Å²) in [6, 6.07) is 5.95. The first-order valence-corrected chi connectivity index (χ1v) is 6.96. The SMILES string of the molecule is COc1cccc(C(=O)NC2CCN(C)C(C)C2)c1N. The number of likely N-dealkylation sites (tertiary alicyclic amines) is 1. The Morgan fingerprint density at radius 1 is 1.50 bits per heavy atom. The Morgan fingerprint density at radius 3 is 2.90 bits per heavy atom. The fourth-order valence-corrected chi connectivity index (χ4v) is 2.60. The fourth-order valence-electron chi connectivity index (χ4n) is 2.60. The molecule has 110 valence electrons. The molecule has 20 heavy (non-hydrogen) atoms. The Bertz CT molecular complexity index is 490. The smallest absolute Gasteiger partial charge is 0.253 e. The van der Waals surface area contributed by atoms with Crippen molar-refractivity contribution >= 4 is 11.6 Å². The van der Waals surface area contributed by atoms with Gasteiger partial charge >= 0.3 is 0 Å². The van der Waals surface area contributed by atoms with E-state index < -0.39 is 0 Å². The normalized spacial score (nSPS) is 23.4. The Kier molecular flexibility index (Phi) is 4.49. The zero-order valence-corrected chi connectivity index (χ0v) is 12.3. The van der Waals surface area contributed by atoms with Crippen molar-refractivity contribution in [2.45, 2.75) is 31.8 Å². The van der Waals surface area contributed by atoms with E-state index in [9.17, 15) is 4.79 Å². The van der Waals surface area contributed by atoms with Crippen molar-refractivity contribution < 1.29 is 9.53 Å². The molecule has 0 saturated carbocycles. The van der Waals surface area contributed by atoms with Gasteiger partial charge in [0.05, 0.1) is 18.4 Å². The van der Waals surface area contributed by atoms with Crippen LogP contribution in [0.25, 0.3) is 0 Å². The van der Waals surface area contributed by atoms with Crippen LogP contribution in [-0.4, -0.2) is 43.6 Å². The maximum Gasteiger partial charge on any atom is 0.253 e. The summed E-state index contributed by atoms with van der Waals surface area (Å²) in [6.45, 7) is 3.18. The van der Waals surface area contributed by atoms with Crippen molar-refractivity contribution in [3.05, 3.63) is 23.8 Å². The Balaban J connectivity index is 2.05. The molecule has 1 aromatic carbocycles. The van der Waals surface area contributed by atoms with Crippen molar-refractivity contribution in [2.75, 3.05) is 26.4 Å². The van der Waals surface area contributed by atoms with Gasteiger partial charge in [-0.05, 0) is 38.9 Å². The minimum Gasteiger partial charge on any atom is -0.495 e. The number of rotatable bonds is 3. The topological polar surface area (TPSA) is 67.6 Å². The predicted octanol–water partition coefficient (Wildman–Crippen LogP) is 1.49. The second-order valence-corrected chi connectivity index (χ2v) is 5.45. The third kappa shape index (κ3) is 3.04. The van der Waals surface area contributed by atoms with Crippen LogP contribution in [0.2, 0.25) is 0 Å². The molecular weight excluding hydrogens is 254 g/mol. The molecule has 0 bridgehead atoms. The van der Waals surface area contributed by atoms with E-state index in [-0.39, 0.29) is 11.9 Å². The maximum absolute atomic E-state index is 12.3. The number of nitrogens with zero attached hydrogens (tertiary/aromatic N) is 1. The second-order valence-electron chi connectivity index (χ2n) is 5.45. The summed E-state index contributed by atoms with van der Waals surface area (Å²) in [7, 11) is 3.66. The summed E-state index contributed by atoms with van der Waals surface area (Å²) >= 11 is 0. The van der Waals surface area contributed by atoms with Crippen LogP contribution in [0.3, 0.4) is 0 Å². The van der Waals surface area contributed by atoms with Crippen molar-refractivity contribution in [2.24, 2.45) is 0 Å². The van der Waals surface area contributed by atoms with Gasteiger partial charge < -0.3 is 20.7 Å². The first kappa shape index (κ1) is 14.7. The number of nitrogens with two attached hydrogens (primary N) is 1. The molecule has 5 heteroatoms. The van der Waals surface area contributed by atoms with Crippen LogP contribution in [-0.2, 0) is 0 Å². The average molecular weight is 277 g/mol. The van der Waals surface area contributed by atoms with E-state index in [4.69, 9.17) is 10.5 Å². The lowest BCUT2D eigenvalue weighted by molar-refractivity contribution is 0.0897. The highest BCUT2D eigenvalue weighted by atomic mass is 16.5. The number of ether oxygens (including phenoxy) is 1. The molecule has 5 nitrogen and oxygen atoms in total. The molecule has 1 saturated heterocycles. The molecule has 1 aliphatic heterocycles. The molecule has 0 spiro atoms. The van der Waals surface area contributed by atoms with E-state index >= 15 is 0 Å². The number of hydrogen-bond acceptors (Lipinski definition) is 4. The molecule has 1 amide bonds. The summed E-state index contributed by atoms with van der Waals surface area (Å²) in [5.74, 6) is 0.414. The Hall–Kier alpha value is -1.75. The number of nitrogen functional groups attached to an aromatic ring is 1. The Morgan fingerprint density at radius 2 is 2.25 bits per heavy atom. The third-order valence-corrected chi connectivity index (χ3v) is 4.07. The number of piperidine rings is 1. The number of methoxy groups -OCH3 is 1. The van der Waals surface area contributed by atoms with Gasteiger partial charge in [0.15, 0.2) is 0 Å².